The van der Waals surface area contributed by atoms with Gasteiger partial charge >= 0.3 is 5.97 Å². The highest BCUT2D eigenvalue weighted by Crippen LogP contribution is 2.54. The van der Waals surface area contributed by atoms with E-state index in [4.69, 9.17) is 37.2 Å². The first-order valence-electron chi connectivity index (χ1n) is 14.6. The van der Waals surface area contributed by atoms with Crippen LogP contribution >= 0.6 is 23.2 Å². The molecule has 43 heavy (non-hydrogen) atoms. The SMILES string of the molecule is O=C(O)c1cc(OC2CCOC2)c2cc(N3CC4C(/C=C/c5c(-c6c(Cl)cncc6Cl)noc5C5CC5)C4C3)ccc2n1. The third kappa shape index (κ3) is 4.93. The maximum absolute atomic E-state index is 11.7. The molecule has 2 saturated heterocycles. The molecule has 1 aromatic carbocycles. The van der Waals surface area contributed by atoms with E-state index in [1.54, 1.807) is 12.4 Å². The predicted molar refractivity (Wildman–Crippen MR) is 162 cm³/mol. The van der Waals surface area contributed by atoms with Gasteiger partial charge in [-0.2, -0.15) is 0 Å². The molecule has 5 heterocycles. The molecule has 0 amide bonds. The van der Waals surface area contributed by atoms with Crippen LogP contribution in [0.3, 0.4) is 0 Å². The summed E-state index contributed by atoms with van der Waals surface area (Å²) in [5, 5.41) is 15.7. The zero-order chi connectivity index (χ0) is 29.2. The first-order chi connectivity index (χ1) is 20.9. The van der Waals surface area contributed by atoms with Crippen molar-refractivity contribution in [3.05, 3.63) is 69.8 Å². The van der Waals surface area contributed by atoms with E-state index in [9.17, 15) is 9.90 Å². The van der Waals surface area contributed by atoms with Gasteiger partial charge in [0.05, 0.1) is 28.8 Å². The van der Waals surface area contributed by atoms with Crippen molar-refractivity contribution < 1.29 is 23.9 Å². The summed E-state index contributed by atoms with van der Waals surface area (Å²) in [6.45, 7) is 3.01. The molecule has 3 atom stereocenters. The lowest BCUT2D eigenvalue weighted by molar-refractivity contribution is 0.0690. The van der Waals surface area contributed by atoms with Crippen molar-refractivity contribution in [1.82, 2.24) is 15.1 Å². The molecule has 11 heteroatoms. The van der Waals surface area contributed by atoms with E-state index in [1.807, 2.05) is 12.1 Å². The summed E-state index contributed by atoms with van der Waals surface area (Å²) in [4.78, 5) is 22.5. The lowest BCUT2D eigenvalue weighted by Gasteiger charge is -2.23. The van der Waals surface area contributed by atoms with Crippen molar-refractivity contribution in [2.75, 3.05) is 31.2 Å². The molecule has 3 unspecified atom stereocenters. The molecule has 2 aliphatic carbocycles. The van der Waals surface area contributed by atoms with Gasteiger partial charge in [0.15, 0.2) is 5.69 Å². The van der Waals surface area contributed by atoms with Crippen LogP contribution in [0, 0.1) is 17.8 Å². The van der Waals surface area contributed by atoms with Gasteiger partial charge in [-0.25, -0.2) is 9.78 Å². The Labute approximate surface area is 257 Å². The van der Waals surface area contributed by atoms with E-state index >= 15 is 0 Å². The van der Waals surface area contributed by atoms with E-state index in [2.05, 4.69) is 38.2 Å². The minimum atomic E-state index is -1.08. The topological polar surface area (TPSA) is 111 Å². The first kappa shape index (κ1) is 26.9. The van der Waals surface area contributed by atoms with Crippen molar-refractivity contribution >= 4 is 51.8 Å². The Morgan fingerprint density at radius 2 is 1.88 bits per heavy atom. The Balaban J connectivity index is 1.02. The summed E-state index contributed by atoms with van der Waals surface area (Å²) in [6.07, 6.45) is 10.5. The average molecular weight is 620 g/mol. The number of hydrogen-bond donors (Lipinski definition) is 1. The molecule has 2 saturated carbocycles. The Kier molecular flexibility index (Phi) is 6.58. The van der Waals surface area contributed by atoms with Crippen molar-refractivity contribution in [3.63, 3.8) is 0 Å². The molecule has 3 aromatic heterocycles. The number of piperidine rings is 1. The second-order valence-electron chi connectivity index (χ2n) is 11.8. The van der Waals surface area contributed by atoms with E-state index in [1.165, 1.54) is 6.07 Å². The number of hydrogen-bond acceptors (Lipinski definition) is 8. The quantitative estimate of drug-likeness (QED) is 0.230. The lowest BCUT2D eigenvalue weighted by Crippen LogP contribution is -2.23. The van der Waals surface area contributed by atoms with Crippen LogP contribution in [-0.4, -0.2) is 58.6 Å². The summed E-state index contributed by atoms with van der Waals surface area (Å²) in [5.74, 6) is 2.32. The molecular weight excluding hydrogens is 591 g/mol. The fourth-order valence-corrected chi connectivity index (χ4v) is 7.12. The van der Waals surface area contributed by atoms with Crippen LogP contribution in [0.4, 0.5) is 5.69 Å². The standard InChI is InChI=1S/C32H28Cl2N4O5/c33-24-11-35-12-25(34)29(24)30-20(31(43-37-30)16-1-2-16)5-4-19-22-13-38(14-23(19)22)17-3-6-26-21(9-17)28(10-27(36-26)32(39)40)42-18-7-8-41-15-18/h3-6,9-12,16,18-19,22-23H,1-2,7-8,13-15H2,(H,39,40)/b5-4+. The summed E-state index contributed by atoms with van der Waals surface area (Å²) >= 11 is 13.0. The minimum Gasteiger partial charge on any atom is -0.487 e. The molecule has 4 fully saturated rings. The Bertz CT molecular complexity index is 1750. The number of anilines is 1. The van der Waals surface area contributed by atoms with Crippen LogP contribution in [0.5, 0.6) is 5.75 Å². The van der Waals surface area contributed by atoms with Crippen LogP contribution in [-0.2, 0) is 4.74 Å². The second kappa shape index (κ2) is 10.5. The van der Waals surface area contributed by atoms with E-state index in [0.29, 0.717) is 69.5 Å². The van der Waals surface area contributed by atoms with Crippen LogP contribution in [0.25, 0.3) is 28.2 Å². The number of benzene rings is 1. The number of aromatic carboxylic acids is 1. The zero-order valence-electron chi connectivity index (χ0n) is 23.1. The lowest BCUT2D eigenvalue weighted by atomic mass is 10.0. The van der Waals surface area contributed by atoms with Crippen LogP contribution in [0.1, 0.15) is 47.0 Å². The minimum absolute atomic E-state index is 0.0273. The molecule has 0 spiro atoms. The number of allylic oxidation sites excluding steroid dienone is 1. The third-order valence-electron chi connectivity index (χ3n) is 9.06. The third-order valence-corrected chi connectivity index (χ3v) is 9.63. The Hall–Kier alpha value is -3.66. The summed E-state index contributed by atoms with van der Waals surface area (Å²) < 4.78 is 17.5. The number of rotatable bonds is 8. The molecule has 4 aliphatic rings. The van der Waals surface area contributed by atoms with Gasteiger partial charge in [-0.3, -0.25) is 4.98 Å². The summed E-state index contributed by atoms with van der Waals surface area (Å²) in [7, 11) is 0. The molecule has 8 rings (SSSR count). The van der Waals surface area contributed by atoms with Crippen LogP contribution in [0.2, 0.25) is 10.0 Å². The van der Waals surface area contributed by atoms with Gasteiger partial charge < -0.3 is 24.0 Å². The van der Waals surface area contributed by atoms with Gasteiger partial charge in [-0.15, -0.1) is 0 Å². The number of fused-ring (bicyclic) bond motifs is 2. The number of carboxylic acid groups (broad SMARTS) is 1. The van der Waals surface area contributed by atoms with Gasteiger partial charge in [0.25, 0.3) is 0 Å². The van der Waals surface area contributed by atoms with Gasteiger partial charge in [-0.1, -0.05) is 40.5 Å². The molecule has 1 N–H and O–H groups in total. The monoisotopic (exact) mass is 618 g/mol. The zero-order valence-corrected chi connectivity index (χ0v) is 24.6. The first-order valence-corrected chi connectivity index (χ1v) is 15.3. The highest BCUT2D eigenvalue weighted by molar-refractivity contribution is 6.39. The maximum Gasteiger partial charge on any atom is 0.354 e. The number of ether oxygens (including phenoxy) is 2. The number of carboxylic acids is 1. The highest BCUT2D eigenvalue weighted by Gasteiger charge is 2.54. The smallest absolute Gasteiger partial charge is 0.354 e. The van der Waals surface area contributed by atoms with E-state index < -0.39 is 5.97 Å². The van der Waals surface area contributed by atoms with Crippen molar-refractivity contribution in [1.29, 1.82) is 0 Å². The van der Waals surface area contributed by atoms with Gasteiger partial charge in [0.2, 0.25) is 0 Å². The van der Waals surface area contributed by atoms with Crippen molar-refractivity contribution in [2.45, 2.75) is 31.3 Å². The Morgan fingerprint density at radius 3 is 2.58 bits per heavy atom. The number of carbonyl (C=O) groups is 1. The molecule has 9 nitrogen and oxygen atoms in total. The Morgan fingerprint density at radius 1 is 1.09 bits per heavy atom. The van der Waals surface area contributed by atoms with Crippen LogP contribution in [0.15, 0.2) is 47.3 Å². The number of aromatic nitrogens is 3. The summed E-state index contributed by atoms with van der Waals surface area (Å²) in [6, 6.07) is 7.50. The highest BCUT2D eigenvalue weighted by atomic mass is 35.5. The van der Waals surface area contributed by atoms with Gasteiger partial charge in [0, 0.05) is 66.1 Å². The van der Waals surface area contributed by atoms with Crippen LogP contribution < -0.4 is 9.64 Å². The second-order valence-corrected chi connectivity index (χ2v) is 12.7. The van der Waals surface area contributed by atoms with Gasteiger partial charge in [0.1, 0.15) is 23.3 Å². The molecule has 0 bridgehead atoms. The van der Waals surface area contributed by atoms with Crippen molar-refractivity contribution in [3.8, 4) is 17.0 Å². The van der Waals surface area contributed by atoms with E-state index in [-0.39, 0.29) is 11.8 Å². The normalized spacial score (nSPS) is 24.7. The predicted octanol–water partition coefficient (Wildman–Crippen LogP) is 6.73. The van der Waals surface area contributed by atoms with Crippen molar-refractivity contribution in [2.24, 2.45) is 17.8 Å². The number of pyridine rings is 2. The fraction of sp³-hybridized carbons (Fsp3) is 0.375. The number of nitrogens with zero attached hydrogens (tertiary/aromatic N) is 4. The maximum atomic E-state index is 11.7. The van der Waals surface area contributed by atoms with E-state index in [0.717, 1.165) is 54.7 Å². The number of halogens is 2. The van der Waals surface area contributed by atoms with Gasteiger partial charge in [-0.05, 0) is 48.8 Å². The molecular formula is C32H28Cl2N4O5. The molecule has 220 valence electrons. The average Bonchev–Trinajstić information content (AvgIpc) is 3.72. The molecule has 0 radical (unpaired) electrons. The summed E-state index contributed by atoms with van der Waals surface area (Å²) in [5.41, 5.74) is 3.94. The largest absolute Gasteiger partial charge is 0.487 e. The molecule has 2 aliphatic heterocycles. The fourth-order valence-electron chi connectivity index (χ4n) is 6.58. The molecule has 4 aromatic rings.